The van der Waals surface area contributed by atoms with Crippen LogP contribution in [0.4, 0.5) is 0 Å². The maximum atomic E-state index is 11.0. The Morgan fingerprint density at radius 1 is 1.00 bits per heavy atom. The summed E-state index contributed by atoms with van der Waals surface area (Å²) in [5, 5.41) is 0. The number of hydrogen-bond donors (Lipinski definition) is 1. The van der Waals surface area contributed by atoms with E-state index in [1.807, 2.05) is 12.1 Å². The zero-order chi connectivity index (χ0) is 19.9. The van der Waals surface area contributed by atoms with Crippen molar-refractivity contribution in [3.05, 3.63) is 65.2 Å². The standard InChI is InChI=1S/C22H31NO3S/c1-17(2)21-8-5-7-19(16-21)15-18(3)20-9-11-22(12-10-20)26-14-6-13-23-27(4,24)25/h5,7-12,16-18,23H,6,13-15H2,1-4H3/t18-/m1/s1. The fraction of sp³-hybridized carbons (Fsp3) is 0.455. The molecule has 0 radical (unpaired) electrons. The van der Waals surface area contributed by atoms with Gasteiger partial charge in [0.15, 0.2) is 0 Å². The van der Waals surface area contributed by atoms with Gasteiger partial charge in [-0.05, 0) is 53.5 Å². The first-order chi connectivity index (χ1) is 12.7. The van der Waals surface area contributed by atoms with Crippen molar-refractivity contribution in [2.45, 2.75) is 45.4 Å². The summed E-state index contributed by atoms with van der Waals surface area (Å²) in [4.78, 5) is 0. The topological polar surface area (TPSA) is 55.4 Å². The molecular weight excluding hydrogens is 358 g/mol. The van der Waals surface area contributed by atoms with E-state index in [9.17, 15) is 8.42 Å². The van der Waals surface area contributed by atoms with E-state index in [-0.39, 0.29) is 0 Å². The molecule has 0 unspecified atom stereocenters. The van der Waals surface area contributed by atoms with Crippen LogP contribution in [0.3, 0.4) is 0 Å². The Hall–Kier alpha value is -1.85. The average molecular weight is 390 g/mol. The van der Waals surface area contributed by atoms with E-state index in [1.165, 1.54) is 16.7 Å². The van der Waals surface area contributed by atoms with Gasteiger partial charge in [0.25, 0.3) is 0 Å². The molecule has 0 amide bonds. The summed E-state index contributed by atoms with van der Waals surface area (Å²) < 4.78 is 30.1. The number of sulfonamides is 1. The molecule has 4 nitrogen and oxygen atoms in total. The maximum absolute atomic E-state index is 11.0. The van der Waals surface area contributed by atoms with Gasteiger partial charge in [-0.15, -0.1) is 0 Å². The summed E-state index contributed by atoms with van der Waals surface area (Å²) >= 11 is 0. The SMILES string of the molecule is CC(C)c1cccc(C[C@@H](C)c2ccc(OCCCNS(C)(=O)=O)cc2)c1. The zero-order valence-electron chi connectivity index (χ0n) is 16.7. The lowest BCUT2D eigenvalue weighted by Crippen LogP contribution is -2.24. The van der Waals surface area contributed by atoms with Crippen molar-refractivity contribution in [2.75, 3.05) is 19.4 Å². The third-order valence-electron chi connectivity index (χ3n) is 4.56. The second-order valence-corrected chi connectivity index (χ2v) is 9.28. The molecule has 0 aliphatic carbocycles. The lowest BCUT2D eigenvalue weighted by atomic mass is 9.91. The summed E-state index contributed by atoms with van der Waals surface area (Å²) in [6.07, 6.45) is 2.81. The molecule has 0 bridgehead atoms. The van der Waals surface area contributed by atoms with Crippen LogP contribution in [0, 0.1) is 0 Å². The summed E-state index contributed by atoms with van der Waals surface area (Å²) in [5.41, 5.74) is 4.04. The first kappa shape index (κ1) is 21.5. The van der Waals surface area contributed by atoms with E-state index < -0.39 is 10.0 Å². The Bertz CT molecular complexity index is 814. The normalized spacial score (nSPS) is 12.9. The minimum atomic E-state index is -3.12. The highest BCUT2D eigenvalue weighted by molar-refractivity contribution is 7.88. The van der Waals surface area contributed by atoms with E-state index in [0.29, 0.717) is 31.4 Å². The molecule has 1 N–H and O–H groups in total. The van der Waals surface area contributed by atoms with Crippen LogP contribution in [0.1, 0.15) is 55.7 Å². The largest absolute Gasteiger partial charge is 0.494 e. The van der Waals surface area contributed by atoms with Gasteiger partial charge in [0.1, 0.15) is 5.75 Å². The van der Waals surface area contributed by atoms with Gasteiger partial charge in [0.2, 0.25) is 10.0 Å². The fourth-order valence-electron chi connectivity index (χ4n) is 2.96. The first-order valence-electron chi connectivity index (χ1n) is 9.51. The van der Waals surface area contributed by atoms with E-state index in [0.717, 1.165) is 18.4 Å². The van der Waals surface area contributed by atoms with Gasteiger partial charge in [0, 0.05) is 6.54 Å². The molecule has 0 fully saturated rings. The van der Waals surface area contributed by atoms with Crippen LogP contribution in [0.25, 0.3) is 0 Å². The van der Waals surface area contributed by atoms with E-state index >= 15 is 0 Å². The maximum Gasteiger partial charge on any atom is 0.208 e. The molecule has 2 rings (SSSR count). The van der Waals surface area contributed by atoms with Gasteiger partial charge in [-0.25, -0.2) is 13.1 Å². The molecule has 0 aliphatic heterocycles. The van der Waals surface area contributed by atoms with E-state index in [1.54, 1.807) is 0 Å². The van der Waals surface area contributed by atoms with Crippen LogP contribution in [0.5, 0.6) is 5.75 Å². The number of rotatable bonds is 10. The Morgan fingerprint density at radius 3 is 2.33 bits per heavy atom. The first-order valence-corrected chi connectivity index (χ1v) is 11.4. The molecule has 0 aromatic heterocycles. The summed E-state index contributed by atoms with van der Waals surface area (Å²) in [6, 6.07) is 17.0. The van der Waals surface area contributed by atoms with Gasteiger partial charge >= 0.3 is 0 Å². The Kier molecular flexibility index (Phi) is 7.87. The smallest absolute Gasteiger partial charge is 0.208 e. The minimum Gasteiger partial charge on any atom is -0.494 e. The van der Waals surface area contributed by atoms with Crippen molar-refractivity contribution in [3.8, 4) is 5.75 Å². The second kappa shape index (κ2) is 9.90. The predicted octanol–water partition coefficient (Wildman–Crippen LogP) is 4.47. The minimum absolute atomic E-state index is 0.392. The molecule has 5 heteroatoms. The highest BCUT2D eigenvalue weighted by Gasteiger charge is 2.09. The van der Waals surface area contributed by atoms with Gasteiger partial charge in [-0.2, -0.15) is 0 Å². The number of hydrogen-bond acceptors (Lipinski definition) is 3. The van der Waals surface area contributed by atoms with Crippen molar-refractivity contribution in [2.24, 2.45) is 0 Å². The Balaban J connectivity index is 1.84. The van der Waals surface area contributed by atoms with Crippen LogP contribution in [-0.2, 0) is 16.4 Å². The fourth-order valence-corrected chi connectivity index (χ4v) is 3.48. The third-order valence-corrected chi connectivity index (χ3v) is 5.29. The number of nitrogens with one attached hydrogen (secondary N) is 1. The van der Waals surface area contributed by atoms with Crippen molar-refractivity contribution in [1.29, 1.82) is 0 Å². The van der Waals surface area contributed by atoms with Gasteiger partial charge in [0.05, 0.1) is 12.9 Å². The molecule has 0 saturated heterocycles. The van der Waals surface area contributed by atoms with E-state index in [2.05, 4.69) is 61.9 Å². The lowest BCUT2D eigenvalue weighted by molar-refractivity contribution is 0.311. The lowest BCUT2D eigenvalue weighted by Gasteiger charge is -2.15. The highest BCUT2D eigenvalue weighted by atomic mass is 32.2. The average Bonchev–Trinajstić information content (AvgIpc) is 2.61. The van der Waals surface area contributed by atoms with Gasteiger partial charge in [-0.1, -0.05) is 57.2 Å². The molecule has 2 aromatic rings. The quantitative estimate of drug-likeness (QED) is 0.610. The second-order valence-electron chi connectivity index (χ2n) is 7.44. The molecule has 1 atom stereocenters. The molecule has 0 aliphatic rings. The van der Waals surface area contributed by atoms with Crippen LogP contribution >= 0.6 is 0 Å². The molecular formula is C22H31NO3S. The van der Waals surface area contributed by atoms with Crippen LogP contribution in [0.2, 0.25) is 0 Å². The number of benzene rings is 2. The van der Waals surface area contributed by atoms with Crippen molar-refractivity contribution in [3.63, 3.8) is 0 Å². The van der Waals surface area contributed by atoms with Gasteiger partial charge < -0.3 is 4.74 Å². The summed E-state index contributed by atoms with van der Waals surface area (Å²) in [6.45, 7) is 7.56. The molecule has 27 heavy (non-hydrogen) atoms. The Morgan fingerprint density at radius 2 is 1.70 bits per heavy atom. The predicted molar refractivity (Wildman–Crippen MR) is 112 cm³/mol. The molecule has 2 aromatic carbocycles. The summed E-state index contributed by atoms with van der Waals surface area (Å²) in [7, 11) is -3.12. The third kappa shape index (κ3) is 7.73. The van der Waals surface area contributed by atoms with Crippen LogP contribution in [-0.4, -0.2) is 27.8 Å². The monoisotopic (exact) mass is 389 g/mol. The molecule has 148 valence electrons. The zero-order valence-corrected chi connectivity index (χ0v) is 17.6. The summed E-state index contributed by atoms with van der Waals surface area (Å²) in [5.74, 6) is 1.79. The molecule has 0 heterocycles. The van der Waals surface area contributed by atoms with Gasteiger partial charge in [-0.3, -0.25) is 0 Å². The Labute approximate surface area is 164 Å². The molecule has 0 saturated carbocycles. The van der Waals surface area contributed by atoms with Crippen LogP contribution < -0.4 is 9.46 Å². The van der Waals surface area contributed by atoms with Crippen molar-refractivity contribution < 1.29 is 13.2 Å². The highest BCUT2D eigenvalue weighted by Crippen LogP contribution is 2.24. The molecule has 0 spiro atoms. The van der Waals surface area contributed by atoms with E-state index in [4.69, 9.17) is 4.74 Å². The van der Waals surface area contributed by atoms with Crippen LogP contribution in [0.15, 0.2) is 48.5 Å². The van der Waals surface area contributed by atoms with Crippen molar-refractivity contribution >= 4 is 10.0 Å². The van der Waals surface area contributed by atoms with Crippen molar-refractivity contribution in [1.82, 2.24) is 4.72 Å². The number of ether oxygens (including phenoxy) is 1.